The van der Waals surface area contributed by atoms with Crippen molar-refractivity contribution in [2.45, 2.75) is 32.4 Å². The Bertz CT molecular complexity index is 762. The van der Waals surface area contributed by atoms with E-state index in [1.165, 1.54) is 5.52 Å². The standard InChI is InChI=1S/C19H27N5OS/c1-2-24-17-8-4-3-7-16(17)21-18(24)22-9-11-23(12-10-22)19(26)20-14-15-6-5-13-25-15/h3-4,7-8,15H,2,5-6,9-14H2,1H3,(H,20,26). The van der Waals surface area contributed by atoms with Gasteiger partial charge in [-0.25, -0.2) is 4.98 Å². The van der Waals surface area contributed by atoms with Crippen LogP contribution >= 0.6 is 12.2 Å². The van der Waals surface area contributed by atoms with Crippen molar-refractivity contribution >= 4 is 34.3 Å². The van der Waals surface area contributed by atoms with Crippen molar-refractivity contribution in [2.24, 2.45) is 0 Å². The predicted molar refractivity (Wildman–Crippen MR) is 109 cm³/mol. The van der Waals surface area contributed by atoms with Gasteiger partial charge in [-0.1, -0.05) is 12.1 Å². The van der Waals surface area contributed by atoms with Gasteiger partial charge in [-0.3, -0.25) is 0 Å². The molecule has 140 valence electrons. The fourth-order valence-corrected chi connectivity index (χ4v) is 4.11. The highest BCUT2D eigenvalue weighted by Crippen LogP contribution is 2.23. The maximum Gasteiger partial charge on any atom is 0.206 e. The van der Waals surface area contributed by atoms with Crippen LogP contribution < -0.4 is 10.2 Å². The molecule has 0 aliphatic carbocycles. The van der Waals surface area contributed by atoms with Gasteiger partial charge >= 0.3 is 0 Å². The van der Waals surface area contributed by atoms with Gasteiger partial charge in [0.05, 0.1) is 17.1 Å². The molecule has 0 bridgehead atoms. The van der Waals surface area contributed by atoms with Crippen LogP contribution in [-0.2, 0) is 11.3 Å². The average Bonchev–Trinajstić information content (AvgIpc) is 3.33. The Morgan fingerprint density at radius 3 is 2.81 bits per heavy atom. The number of piperazine rings is 1. The van der Waals surface area contributed by atoms with Crippen LogP contribution in [0.25, 0.3) is 11.0 Å². The molecule has 0 radical (unpaired) electrons. The Kier molecular flexibility index (Phi) is 5.26. The Morgan fingerprint density at radius 1 is 1.27 bits per heavy atom. The number of hydrogen-bond donors (Lipinski definition) is 1. The number of fused-ring (bicyclic) bond motifs is 1. The number of anilines is 1. The first-order chi connectivity index (χ1) is 12.8. The van der Waals surface area contributed by atoms with Crippen molar-refractivity contribution in [3.8, 4) is 0 Å². The average molecular weight is 374 g/mol. The van der Waals surface area contributed by atoms with E-state index in [0.717, 1.165) is 75.3 Å². The zero-order chi connectivity index (χ0) is 17.9. The second-order valence-corrected chi connectivity index (χ2v) is 7.33. The second-order valence-electron chi connectivity index (χ2n) is 6.94. The van der Waals surface area contributed by atoms with Gasteiger partial charge in [0.2, 0.25) is 5.95 Å². The third-order valence-corrected chi connectivity index (χ3v) is 5.71. The minimum atomic E-state index is 0.318. The molecule has 0 saturated carbocycles. The summed E-state index contributed by atoms with van der Waals surface area (Å²) in [7, 11) is 0. The summed E-state index contributed by atoms with van der Waals surface area (Å²) in [5.41, 5.74) is 2.28. The van der Waals surface area contributed by atoms with Crippen molar-refractivity contribution in [3.63, 3.8) is 0 Å². The number of imidazole rings is 1. The van der Waals surface area contributed by atoms with Crippen molar-refractivity contribution < 1.29 is 4.74 Å². The van der Waals surface area contributed by atoms with Crippen LogP contribution in [0.1, 0.15) is 19.8 Å². The van der Waals surface area contributed by atoms with Gasteiger partial charge in [-0.05, 0) is 44.1 Å². The third-order valence-electron chi connectivity index (χ3n) is 5.31. The van der Waals surface area contributed by atoms with Gasteiger partial charge in [0.1, 0.15) is 0 Å². The van der Waals surface area contributed by atoms with E-state index >= 15 is 0 Å². The van der Waals surface area contributed by atoms with Gasteiger partial charge in [0, 0.05) is 45.9 Å². The molecule has 1 aromatic heterocycles. The lowest BCUT2D eigenvalue weighted by Gasteiger charge is -2.37. The summed E-state index contributed by atoms with van der Waals surface area (Å²) in [6, 6.07) is 8.37. The number of thiocarbonyl (C=S) groups is 1. The molecule has 2 aromatic rings. The van der Waals surface area contributed by atoms with E-state index in [9.17, 15) is 0 Å². The minimum absolute atomic E-state index is 0.318. The zero-order valence-electron chi connectivity index (χ0n) is 15.4. The van der Waals surface area contributed by atoms with Gasteiger partial charge in [-0.2, -0.15) is 0 Å². The van der Waals surface area contributed by atoms with E-state index in [1.54, 1.807) is 0 Å². The molecular formula is C19H27N5OS. The van der Waals surface area contributed by atoms with Crippen LogP contribution in [0.3, 0.4) is 0 Å². The topological polar surface area (TPSA) is 45.6 Å². The molecule has 7 heteroatoms. The molecule has 6 nitrogen and oxygen atoms in total. The molecule has 1 aromatic carbocycles. The number of benzene rings is 1. The van der Waals surface area contributed by atoms with Crippen molar-refractivity contribution in [1.82, 2.24) is 19.8 Å². The summed E-state index contributed by atoms with van der Waals surface area (Å²) in [6.45, 7) is 8.53. The first-order valence-electron chi connectivity index (χ1n) is 9.61. The monoisotopic (exact) mass is 373 g/mol. The Morgan fingerprint density at radius 2 is 2.08 bits per heavy atom. The van der Waals surface area contributed by atoms with Gasteiger partial charge in [-0.15, -0.1) is 0 Å². The molecule has 0 spiro atoms. The summed E-state index contributed by atoms with van der Waals surface area (Å²) in [6.07, 6.45) is 2.62. The Balaban J connectivity index is 1.36. The molecule has 2 aliphatic heterocycles. The highest BCUT2D eigenvalue weighted by molar-refractivity contribution is 7.80. The molecule has 2 saturated heterocycles. The summed E-state index contributed by atoms with van der Waals surface area (Å²) in [4.78, 5) is 9.51. The summed E-state index contributed by atoms with van der Waals surface area (Å²) in [5.74, 6) is 1.08. The number of aryl methyl sites for hydroxylation is 1. The van der Waals surface area contributed by atoms with Gasteiger partial charge in [0.25, 0.3) is 0 Å². The molecule has 26 heavy (non-hydrogen) atoms. The molecule has 2 aliphatic rings. The highest BCUT2D eigenvalue weighted by atomic mass is 32.1. The minimum Gasteiger partial charge on any atom is -0.376 e. The lowest BCUT2D eigenvalue weighted by atomic mass is 10.2. The van der Waals surface area contributed by atoms with Crippen LogP contribution in [0.4, 0.5) is 5.95 Å². The van der Waals surface area contributed by atoms with Crippen LogP contribution in [0.5, 0.6) is 0 Å². The number of ether oxygens (including phenoxy) is 1. The maximum atomic E-state index is 5.66. The quantitative estimate of drug-likeness (QED) is 0.830. The second kappa shape index (κ2) is 7.80. The number of nitrogens with zero attached hydrogens (tertiary/aromatic N) is 4. The number of rotatable bonds is 4. The fourth-order valence-electron chi connectivity index (χ4n) is 3.84. The molecule has 2 fully saturated rings. The molecular weight excluding hydrogens is 346 g/mol. The number of para-hydroxylation sites is 2. The summed E-state index contributed by atoms with van der Waals surface area (Å²) < 4.78 is 7.96. The predicted octanol–water partition coefficient (Wildman–Crippen LogP) is 2.23. The van der Waals surface area contributed by atoms with E-state index < -0.39 is 0 Å². The van der Waals surface area contributed by atoms with E-state index in [1.807, 2.05) is 0 Å². The Hall–Kier alpha value is -1.86. The van der Waals surface area contributed by atoms with Crippen LogP contribution in [0.15, 0.2) is 24.3 Å². The first kappa shape index (κ1) is 17.5. The summed E-state index contributed by atoms with van der Waals surface area (Å²) in [5, 5.41) is 4.24. The molecule has 3 heterocycles. The number of aromatic nitrogens is 2. The zero-order valence-corrected chi connectivity index (χ0v) is 16.2. The largest absolute Gasteiger partial charge is 0.376 e. The molecule has 1 atom stereocenters. The smallest absolute Gasteiger partial charge is 0.206 e. The van der Waals surface area contributed by atoms with Crippen LogP contribution in [0.2, 0.25) is 0 Å². The van der Waals surface area contributed by atoms with Crippen molar-refractivity contribution in [2.75, 3.05) is 44.2 Å². The highest BCUT2D eigenvalue weighted by Gasteiger charge is 2.24. The normalized spacial score (nSPS) is 20.7. The molecule has 1 unspecified atom stereocenters. The fraction of sp³-hybridized carbons (Fsp3) is 0.579. The van der Waals surface area contributed by atoms with E-state index in [0.29, 0.717) is 6.10 Å². The van der Waals surface area contributed by atoms with E-state index in [2.05, 4.69) is 50.9 Å². The first-order valence-corrected chi connectivity index (χ1v) is 10.0. The van der Waals surface area contributed by atoms with Gasteiger partial charge < -0.3 is 24.4 Å². The maximum absolute atomic E-state index is 5.66. The van der Waals surface area contributed by atoms with Crippen molar-refractivity contribution in [1.29, 1.82) is 0 Å². The SMILES string of the molecule is CCn1c(N2CCN(C(=S)NCC3CCCO3)CC2)nc2ccccc21. The lowest BCUT2D eigenvalue weighted by Crippen LogP contribution is -2.53. The van der Waals surface area contributed by atoms with Gasteiger partial charge in [0.15, 0.2) is 5.11 Å². The van der Waals surface area contributed by atoms with Crippen LogP contribution in [0, 0.1) is 0 Å². The van der Waals surface area contributed by atoms with E-state index in [4.69, 9.17) is 21.9 Å². The van der Waals surface area contributed by atoms with Crippen molar-refractivity contribution in [3.05, 3.63) is 24.3 Å². The Labute approximate surface area is 160 Å². The third kappa shape index (κ3) is 3.50. The number of nitrogens with one attached hydrogen (secondary N) is 1. The summed E-state index contributed by atoms with van der Waals surface area (Å²) >= 11 is 5.58. The number of hydrogen-bond acceptors (Lipinski definition) is 4. The molecule has 4 rings (SSSR count). The van der Waals surface area contributed by atoms with E-state index in [-0.39, 0.29) is 0 Å². The lowest BCUT2D eigenvalue weighted by molar-refractivity contribution is 0.113. The molecule has 1 N–H and O–H groups in total. The van der Waals surface area contributed by atoms with Crippen LogP contribution in [-0.4, -0.2) is 65.0 Å². The molecule has 0 amide bonds.